The van der Waals surface area contributed by atoms with Crippen LogP contribution in [0.3, 0.4) is 0 Å². The molecule has 0 spiro atoms. The summed E-state index contributed by atoms with van der Waals surface area (Å²) in [6, 6.07) is 7.68. The van der Waals surface area contributed by atoms with Gasteiger partial charge in [-0.3, -0.25) is 4.79 Å². The molecule has 1 aromatic carbocycles. The number of nitrogens with zero attached hydrogens (tertiary/aromatic N) is 2. The minimum absolute atomic E-state index is 0.0323. The van der Waals surface area contributed by atoms with Crippen molar-refractivity contribution in [1.29, 1.82) is 0 Å². The van der Waals surface area contributed by atoms with Gasteiger partial charge in [-0.25, -0.2) is 0 Å². The predicted molar refractivity (Wildman–Crippen MR) is 80.8 cm³/mol. The van der Waals surface area contributed by atoms with E-state index in [1.54, 1.807) is 0 Å². The molecule has 118 valence electrons. The van der Waals surface area contributed by atoms with Gasteiger partial charge < -0.3 is 4.74 Å². The molecule has 0 aliphatic carbocycles. The molecular formula is C14H22N2O4S. The third-order valence-corrected chi connectivity index (χ3v) is 5.06. The Bertz CT molecular complexity index is 569. The van der Waals surface area contributed by atoms with E-state index >= 15 is 0 Å². The largest absolute Gasteiger partial charge is 0.469 e. The van der Waals surface area contributed by atoms with Crippen LogP contribution >= 0.6 is 0 Å². The van der Waals surface area contributed by atoms with Crippen molar-refractivity contribution in [2.75, 3.05) is 27.7 Å². The van der Waals surface area contributed by atoms with Gasteiger partial charge in [0.05, 0.1) is 13.5 Å². The third-order valence-electron chi connectivity index (χ3n) is 3.17. The number of hydrogen-bond acceptors (Lipinski definition) is 4. The lowest BCUT2D eigenvalue weighted by molar-refractivity contribution is -0.140. The summed E-state index contributed by atoms with van der Waals surface area (Å²) in [7, 11) is 0.652. The van der Waals surface area contributed by atoms with E-state index in [2.05, 4.69) is 4.74 Å². The number of methoxy groups -OCH3 is 1. The van der Waals surface area contributed by atoms with Crippen LogP contribution in [0.25, 0.3) is 0 Å². The molecule has 1 rings (SSSR count). The van der Waals surface area contributed by atoms with E-state index in [1.807, 2.05) is 31.2 Å². The zero-order valence-corrected chi connectivity index (χ0v) is 13.7. The monoisotopic (exact) mass is 314 g/mol. The van der Waals surface area contributed by atoms with E-state index in [4.69, 9.17) is 0 Å². The second kappa shape index (κ2) is 7.53. The summed E-state index contributed by atoms with van der Waals surface area (Å²) in [5, 5.41) is 0. The van der Waals surface area contributed by atoms with Crippen molar-refractivity contribution >= 4 is 16.2 Å². The number of benzene rings is 1. The molecule has 0 aliphatic heterocycles. The molecule has 0 aliphatic rings. The molecule has 0 heterocycles. The number of rotatable bonds is 7. The highest BCUT2D eigenvalue weighted by atomic mass is 32.2. The topological polar surface area (TPSA) is 66.9 Å². The van der Waals surface area contributed by atoms with E-state index in [-0.39, 0.29) is 19.5 Å². The Morgan fingerprint density at radius 2 is 1.71 bits per heavy atom. The maximum absolute atomic E-state index is 12.3. The van der Waals surface area contributed by atoms with Crippen molar-refractivity contribution in [3.05, 3.63) is 35.4 Å². The highest BCUT2D eigenvalue weighted by Crippen LogP contribution is 2.11. The fraction of sp³-hybridized carbons (Fsp3) is 0.500. The van der Waals surface area contributed by atoms with Crippen molar-refractivity contribution in [3.63, 3.8) is 0 Å². The van der Waals surface area contributed by atoms with Crippen molar-refractivity contribution < 1.29 is 17.9 Å². The van der Waals surface area contributed by atoms with Gasteiger partial charge in [0.1, 0.15) is 0 Å². The van der Waals surface area contributed by atoms with Gasteiger partial charge in [-0.05, 0) is 12.5 Å². The lowest BCUT2D eigenvalue weighted by Gasteiger charge is -2.24. The van der Waals surface area contributed by atoms with Gasteiger partial charge in [0, 0.05) is 27.2 Å². The SMILES string of the molecule is COC(=O)CCN(C)S(=O)(=O)N(C)Cc1ccc(C)cc1. The average Bonchev–Trinajstić information content (AvgIpc) is 2.46. The van der Waals surface area contributed by atoms with E-state index in [0.29, 0.717) is 0 Å². The first kappa shape index (κ1) is 17.6. The Morgan fingerprint density at radius 3 is 2.24 bits per heavy atom. The van der Waals surface area contributed by atoms with Crippen molar-refractivity contribution in [2.24, 2.45) is 0 Å². The van der Waals surface area contributed by atoms with Gasteiger partial charge in [0.15, 0.2) is 0 Å². The lowest BCUT2D eigenvalue weighted by Crippen LogP contribution is -2.40. The third kappa shape index (κ3) is 5.11. The summed E-state index contributed by atoms with van der Waals surface area (Å²) in [6.45, 7) is 2.35. The minimum atomic E-state index is -3.59. The normalized spacial score (nSPS) is 11.9. The van der Waals surface area contributed by atoms with Gasteiger partial charge in [-0.2, -0.15) is 17.0 Å². The Labute approximate surface area is 126 Å². The number of aryl methyl sites for hydroxylation is 1. The highest BCUT2D eigenvalue weighted by molar-refractivity contribution is 7.86. The molecule has 0 saturated heterocycles. The average molecular weight is 314 g/mol. The first-order valence-corrected chi connectivity index (χ1v) is 7.97. The summed E-state index contributed by atoms with van der Waals surface area (Å²) in [4.78, 5) is 11.1. The fourth-order valence-electron chi connectivity index (χ4n) is 1.74. The maximum atomic E-state index is 12.3. The van der Waals surface area contributed by atoms with Gasteiger partial charge in [-0.1, -0.05) is 29.8 Å². The van der Waals surface area contributed by atoms with Crippen molar-refractivity contribution in [3.8, 4) is 0 Å². The number of ether oxygens (including phenoxy) is 1. The van der Waals surface area contributed by atoms with Crippen LogP contribution in [0.15, 0.2) is 24.3 Å². The molecule has 7 heteroatoms. The van der Waals surface area contributed by atoms with Crippen LogP contribution in [0.1, 0.15) is 17.5 Å². The van der Waals surface area contributed by atoms with Gasteiger partial charge in [0.25, 0.3) is 10.2 Å². The quantitative estimate of drug-likeness (QED) is 0.709. The van der Waals surface area contributed by atoms with Crippen LogP contribution in [0.5, 0.6) is 0 Å². The van der Waals surface area contributed by atoms with Crippen LogP contribution < -0.4 is 0 Å². The minimum Gasteiger partial charge on any atom is -0.469 e. The number of carbonyl (C=O) groups excluding carboxylic acids is 1. The summed E-state index contributed by atoms with van der Waals surface area (Å²) in [6.07, 6.45) is 0.0323. The standard InChI is InChI=1S/C14H22N2O4S/c1-12-5-7-13(8-6-12)11-16(3)21(18,19)15(2)10-9-14(17)20-4/h5-8H,9-11H2,1-4H3. The van der Waals surface area contributed by atoms with Gasteiger partial charge >= 0.3 is 5.97 Å². The molecule has 6 nitrogen and oxygen atoms in total. The van der Waals surface area contributed by atoms with Crippen LogP contribution in [-0.2, 0) is 26.3 Å². The second-order valence-corrected chi connectivity index (χ2v) is 7.04. The lowest BCUT2D eigenvalue weighted by atomic mass is 10.1. The Balaban J connectivity index is 2.67. The van der Waals surface area contributed by atoms with E-state index in [0.717, 1.165) is 15.4 Å². The molecule has 0 unspecified atom stereocenters. The molecule has 0 fully saturated rings. The number of esters is 1. The molecule has 0 saturated carbocycles. The Morgan fingerprint density at radius 1 is 1.14 bits per heavy atom. The summed E-state index contributed by atoms with van der Waals surface area (Å²) in [5.41, 5.74) is 2.03. The van der Waals surface area contributed by atoms with Crippen LogP contribution in [-0.4, -0.2) is 50.7 Å². The van der Waals surface area contributed by atoms with E-state index in [1.165, 1.54) is 25.5 Å². The molecule has 0 radical (unpaired) electrons. The van der Waals surface area contributed by atoms with Crippen molar-refractivity contribution in [2.45, 2.75) is 19.9 Å². The molecule has 0 N–H and O–H groups in total. The molecule has 21 heavy (non-hydrogen) atoms. The highest BCUT2D eigenvalue weighted by Gasteiger charge is 2.24. The van der Waals surface area contributed by atoms with Crippen LogP contribution in [0.4, 0.5) is 0 Å². The molecule has 0 aromatic heterocycles. The predicted octanol–water partition coefficient (Wildman–Crippen LogP) is 1.17. The summed E-state index contributed by atoms with van der Waals surface area (Å²) >= 11 is 0. The Kier molecular flexibility index (Phi) is 6.32. The molecule has 0 bridgehead atoms. The number of hydrogen-bond donors (Lipinski definition) is 0. The first-order valence-electron chi connectivity index (χ1n) is 6.57. The van der Waals surface area contributed by atoms with Crippen LogP contribution in [0, 0.1) is 6.92 Å². The first-order chi connectivity index (χ1) is 9.77. The molecular weight excluding hydrogens is 292 g/mol. The zero-order valence-electron chi connectivity index (χ0n) is 12.9. The maximum Gasteiger partial charge on any atom is 0.306 e. The van der Waals surface area contributed by atoms with Crippen molar-refractivity contribution in [1.82, 2.24) is 8.61 Å². The summed E-state index contributed by atoms with van der Waals surface area (Å²) in [5.74, 6) is -0.432. The molecule has 0 amide bonds. The molecule has 0 atom stereocenters. The van der Waals surface area contributed by atoms with Crippen LogP contribution in [0.2, 0.25) is 0 Å². The fourth-order valence-corrected chi connectivity index (χ4v) is 2.85. The summed E-state index contributed by atoms with van der Waals surface area (Å²) < 4.78 is 31.5. The Hall–Kier alpha value is -1.44. The van der Waals surface area contributed by atoms with Gasteiger partial charge in [-0.15, -0.1) is 0 Å². The van der Waals surface area contributed by atoms with E-state index in [9.17, 15) is 13.2 Å². The van der Waals surface area contributed by atoms with E-state index < -0.39 is 16.2 Å². The second-order valence-electron chi connectivity index (χ2n) is 4.90. The zero-order chi connectivity index (χ0) is 16.0. The number of carbonyl (C=O) groups is 1. The van der Waals surface area contributed by atoms with Gasteiger partial charge in [0.2, 0.25) is 0 Å². The molecule has 1 aromatic rings. The smallest absolute Gasteiger partial charge is 0.306 e.